The number of nitrogens with zero attached hydrogens (tertiary/aromatic N) is 5. The molecule has 1 aromatic carbocycles. The first-order chi connectivity index (χ1) is 15.9. The Hall–Kier alpha value is -3.99. The number of anilines is 1. The van der Waals surface area contributed by atoms with Crippen molar-refractivity contribution in [2.24, 2.45) is 5.92 Å². The van der Waals surface area contributed by atoms with Crippen LogP contribution in [0.4, 0.5) is 10.2 Å². The van der Waals surface area contributed by atoms with Gasteiger partial charge in [0.25, 0.3) is 0 Å². The lowest BCUT2D eigenvalue weighted by Gasteiger charge is -2.39. The number of hydrogen-bond acceptors (Lipinski definition) is 8. The van der Waals surface area contributed by atoms with Gasteiger partial charge < -0.3 is 10.0 Å². The summed E-state index contributed by atoms with van der Waals surface area (Å²) in [5, 5.41) is 9.50. The molecule has 33 heavy (non-hydrogen) atoms. The van der Waals surface area contributed by atoms with Gasteiger partial charge >= 0.3 is 5.97 Å². The van der Waals surface area contributed by atoms with E-state index in [4.69, 9.17) is 0 Å². The van der Waals surface area contributed by atoms with Crippen molar-refractivity contribution in [3.05, 3.63) is 76.1 Å². The summed E-state index contributed by atoms with van der Waals surface area (Å²) in [6.45, 7) is 0.606. The molecule has 0 amide bonds. The summed E-state index contributed by atoms with van der Waals surface area (Å²) in [5.41, 5.74) is -0.374. The van der Waals surface area contributed by atoms with E-state index in [1.54, 1.807) is 4.90 Å². The number of benzene rings is 1. The zero-order valence-corrected chi connectivity index (χ0v) is 17.8. The van der Waals surface area contributed by atoms with Crippen LogP contribution in [0.3, 0.4) is 0 Å². The third-order valence-corrected chi connectivity index (χ3v) is 6.22. The van der Waals surface area contributed by atoms with Crippen LogP contribution in [0.5, 0.6) is 0 Å². The summed E-state index contributed by atoms with van der Waals surface area (Å²) >= 11 is 0.975. The lowest BCUT2D eigenvalue weighted by Crippen LogP contribution is -2.51. The van der Waals surface area contributed by atoms with E-state index in [0.29, 0.717) is 19.5 Å². The van der Waals surface area contributed by atoms with Gasteiger partial charge in [0.15, 0.2) is 17.3 Å². The molecule has 1 aliphatic rings. The van der Waals surface area contributed by atoms with Gasteiger partial charge in [-0.05, 0) is 11.6 Å². The molecule has 1 N–H and O–H groups in total. The Morgan fingerprint density at radius 2 is 1.97 bits per heavy atom. The van der Waals surface area contributed by atoms with E-state index in [9.17, 15) is 23.9 Å². The van der Waals surface area contributed by atoms with E-state index in [1.165, 1.54) is 10.9 Å². The van der Waals surface area contributed by atoms with E-state index in [-0.39, 0.29) is 33.7 Å². The predicted octanol–water partition coefficient (Wildman–Crippen LogP) is 2.32. The molecule has 0 aliphatic carbocycles. The lowest BCUT2D eigenvalue weighted by atomic mass is 9.91. The van der Waals surface area contributed by atoms with Crippen molar-refractivity contribution in [1.29, 1.82) is 0 Å². The minimum atomic E-state index is -1.44. The van der Waals surface area contributed by atoms with Crippen LogP contribution in [0.1, 0.15) is 15.9 Å². The Morgan fingerprint density at radius 3 is 2.64 bits per heavy atom. The molecule has 9 nitrogen and oxygen atoms in total. The van der Waals surface area contributed by atoms with Crippen molar-refractivity contribution >= 4 is 40.1 Å². The number of aromatic nitrogens is 4. The predicted molar refractivity (Wildman–Crippen MR) is 119 cm³/mol. The van der Waals surface area contributed by atoms with Gasteiger partial charge in [0.1, 0.15) is 17.7 Å². The zero-order valence-electron chi connectivity index (χ0n) is 17.0. The fourth-order valence-electron chi connectivity index (χ4n) is 3.80. The average Bonchev–Trinajstić information content (AvgIpc) is 3.29. The second-order valence-electron chi connectivity index (χ2n) is 7.67. The monoisotopic (exact) mass is 465 g/mol. The molecule has 0 saturated carbocycles. The number of carboxylic acids is 1. The smallest absolute Gasteiger partial charge is 0.341 e. The van der Waals surface area contributed by atoms with Gasteiger partial charge in [-0.25, -0.2) is 19.2 Å². The number of hydrogen-bond donors (Lipinski definition) is 1. The second kappa shape index (κ2) is 8.17. The van der Waals surface area contributed by atoms with Crippen LogP contribution >= 0.6 is 11.5 Å². The Kier molecular flexibility index (Phi) is 5.17. The van der Waals surface area contributed by atoms with Crippen molar-refractivity contribution in [3.63, 3.8) is 0 Å². The Balaban J connectivity index is 1.48. The van der Waals surface area contributed by atoms with Crippen LogP contribution in [0.25, 0.3) is 16.2 Å². The largest absolute Gasteiger partial charge is 0.477 e. The third kappa shape index (κ3) is 3.76. The number of Topliss-reactive ketones (excluding diaryl/α,β-unsaturated/α-hetero) is 1. The molecule has 5 rings (SSSR count). The molecular weight excluding hydrogens is 449 g/mol. The topological polar surface area (TPSA) is 118 Å². The first-order valence-electron chi connectivity index (χ1n) is 10.00. The Bertz CT molecular complexity index is 1430. The molecule has 0 atom stereocenters. The maximum Gasteiger partial charge on any atom is 0.341 e. The Labute approximate surface area is 189 Å². The van der Waals surface area contributed by atoms with E-state index in [1.807, 2.05) is 30.3 Å². The van der Waals surface area contributed by atoms with Crippen molar-refractivity contribution in [1.82, 2.24) is 18.9 Å². The summed E-state index contributed by atoms with van der Waals surface area (Å²) < 4.78 is 20.2. The molecule has 0 spiro atoms. The first-order valence-corrected chi connectivity index (χ1v) is 10.8. The van der Waals surface area contributed by atoms with Crippen molar-refractivity contribution in [3.8, 4) is 5.13 Å². The first kappa shape index (κ1) is 20.9. The number of halogens is 1. The van der Waals surface area contributed by atoms with Gasteiger partial charge in [0, 0.05) is 37.2 Å². The highest BCUT2D eigenvalue weighted by molar-refractivity contribution is 7.08. The van der Waals surface area contributed by atoms with Gasteiger partial charge in [0.2, 0.25) is 10.6 Å². The van der Waals surface area contributed by atoms with Gasteiger partial charge in [-0.15, -0.1) is 0 Å². The minimum absolute atomic E-state index is 0.00741. The van der Waals surface area contributed by atoms with Gasteiger partial charge in [0.05, 0.1) is 11.3 Å². The molecule has 11 heteroatoms. The molecule has 4 aromatic rings. The second-order valence-corrected chi connectivity index (χ2v) is 8.42. The fraction of sp³-hybridized carbons (Fsp3) is 0.182. The molecule has 166 valence electrons. The number of carbonyl (C=O) groups excluding carboxylic acids is 1. The van der Waals surface area contributed by atoms with Crippen LogP contribution in [-0.4, -0.2) is 48.9 Å². The van der Waals surface area contributed by atoms with Crippen molar-refractivity contribution in [2.75, 3.05) is 18.0 Å². The molecular formula is C22H16FN5O4S. The molecule has 0 radical (unpaired) electrons. The standard InChI is InChI=1S/C22H16FN5O4S/c23-16-7-14-18(30)15(21(31)32)10-28(22-24-11-25-33-22)19(14)26-20(16)27-8-13(9-27)17(29)6-12-4-2-1-3-5-12/h1-5,7,10-11,13H,6,8-9H2,(H,31,32). The summed E-state index contributed by atoms with van der Waals surface area (Å²) in [6, 6.07) is 10.4. The van der Waals surface area contributed by atoms with Crippen molar-refractivity contribution in [2.45, 2.75) is 6.42 Å². The van der Waals surface area contributed by atoms with Crippen LogP contribution in [-0.2, 0) is 11.2 Å². The van der Waals surface area contributed by atoms with Crippen LogP contribution in [0.15, 0.2) is 53.7 Å². The highest BCUT2D eigenvalue weighted by Gasteiger charge is 2.35. The van der Waals surface area contributed by atoms with Crippen LogP contribution in [0.2, 0.25) is 0 Å². The molecule has 0 unspecified atom stereocenters. The number of rotatable bonds is 6. The molecule has 1 aliphatic heterocycles. The van der Waals surface area contributed by atoms with Crippen LogP contribution < -0.4 is 10.3 Å². The number of aromatic carboxylic acids is 1. The van der Waals surface area contributed by atoms with E-state index in [0.717, 1.165) is 29.4 Å². The van der Waals surface area contributed by atoms with Gasteiger partial charge in [-0.1, -0.05) is 30.3 Å². The molecule has 0 bridgehead atoms. The van der Waals surface area contributed by atoms with E-state index < -0.39 is 22.8 Å². The zero-order chi connectivity index (χ0) is 23.1. The maximum absolute atomic E-state index is 14.9. The van der Waals surface area contributed by atoms with Crippen molar-refractivity contribution < 1.29 is 19.1 Å². The molecule has 3 aromatic heterocycles. The van der Waals surface area contributed by atoms with E-state index in [2.05, 4.69) is 14.3 Å². The number of carbonyl (C=O) groups is 2. The molecule has 1 saturated heterocycles. The quantitative estimate of drug-likeness (QED) is 0.461. The number of pyridine rings is 2. The van der Waals surface area contributed by atoms with E-state index >= 15 is 0 Å². The molecule has 4 heterocycles. The highest BCUT2D eigenvalue weighted by atomic mass is 32.1. The normalized spacial score (nSPS) is 13.8. The van der Waals surface area contributed by atoms with Gasteiger partial charge in [-0.3, -0.25) is 14.2 Å². The number of fused-ring (bicyclic) bond motifs is 1. The van der Waals surface area contributed by atoms with Gasteiger partial charge in [-0.2, -0.15) is 4.37 Å². The summed E-state index contributed by atoms with van der Waals surface area (Å²) in [7, 11) is 0. The maximum atomic E-state index is 14.9. The minimum Gasteiger partial charge on any atom is -0.477 e. The van der Waals surface area contributed by atoms with Crippen LogP contribution in [0, 0.1) is 11.7 Å². The average molecular weight is 465 g/mol. The summed E-state index contributed by atoms with van der Waals surface area (Å²) in [6.07, 6.45) is 2.71. The Morgan fingerprint density at radius 1 is 1.21 bits per heavy atom. The third-order valence-electron chi connectivity index (χ3n) is 5.56. The SMILES string of the molecule is O=C(O)c1cn(-c2ncns2)c2nc(N3CC(C(=O)Cc4ccccc4)C3)c(F)cc2c1=O. The summed E-state index contributed by atoms with van der Waals surface area (Å²) in [5.74, 6) is -2.39. The number of ketones is 1. The molecule has 1 fully saturated rings. The fourth-order valence-corrected chi connectivity index (χ4v) is 4.31. The number of carboxylic acid groups (broad SMARTS) is 1. The highest BCUT2D eigenvalue weighted by Crippen LogP contribution is 2.29. The summed E-state index contributed by atoms with van der Waals surface area (Å²) in [4.78, 5) is 46.8. The lowest BCUT2D eigenvalue weighted by molar-refractivity contribution is -0.122.